The number of nitrogens with one attached hydrogen (secondary N) is 2. The van der Waals surface area contributed by atoms with Crippen LogP contribution in [-0.2, 0) is 24.8 Å². The fourth-order valence-electron chi connectivity index (χ4n) is 3.86. The van der Waals surface area contributed by atoms with Crippen molar-refractivity contribution in [3.63, 3.8) is 0 Å². The average molecular weight is 635 g/mol. The van der Waals surface area contributed by atoms with E-state index in [2.05, 4.69) is 10.0 Å². The molecular weight excluding hydrogens is 609 g/mol. The summed E-state index contributed by atoms with van der Waals surface area (Å²) in [6.07, 6.45) is 0. The van der Waals surface area contributed by atoms with Crippen molar-refractivity contribution < 1.29 is 26.4 Å². The smallest absolute Gasteiger partial charge is 0.264 e. The van der Waals surface area contributed by atoms with E-state index in [1.807, 2.05) is 6.92 Å². The van der Waals surface area contributed by atoms with Gasteiger partial charge in [0.05, 0.1) is 33.3 Å². The molecule has 0 saturated heterocycles. The molecule has 4 rings (SSSR count). The van der Waals surface area contributed by atoms with Crippen molar-refractivity contribution in [2.24, 2.45) is 0 Å². The number of ether oxygens (including phenoxy) is 1. The number of amides is 1. The molecular formula is C28H25Cl2N3O6S2. The zero-order chi connectivity index (χ0) is 29.8. The third kappa shape index (κ3) is 7.12. The second-order valence-electron chi connectivity index (χ2n) is 8.80. The molecule has 4 aromatic rings. The summed E-state index contributed by atoms with van der Waals surface area (Å²) in [7, 11) is -6.73. The number of carbonyl (C=O) groups excluding carboxylic acids is 1. The van der Waals surface area contributed by atoms with Crippen molar-refractivity contribution in [2.75, 3.05) is 28.0 Å². The van der Waals surface area contributed by atoms with Crippen molar-refractivity contribution in [1.82, 2.24) is 0 Å². The summed E-state index contributed by atoms with van der Waals surface area (Å²) in [5.74, 6) is -0.326. The number of benzene rings is 4. The van der Waals surface area contributed by atoms with Gasteiger partial charge in [0.25, 0.3) is 20.0 Å². The van der Waals surface area contributed by atoms with Crippen molar-refractivity contribution in [1.29, 1.82) is 0 Å². The molecule has 0 aromatic heterocycles. The molecule has 0 bridgehead atoms. The van der Waals surface area contributed by atoms with Crippen LogP contribution in [0.4, 0.5) is 17.1 Å². The summed E-state index contributed by atoms with van der Waals surface area (Å²) in [4.78, 5) is 13.0. The molecule has 13 heteroatoms. The quantitative estimate of drug-likeness (QED) is 0.223. The van der Waals surface area contributed by atoms with Gasteiger partial charge in [0, 0.05) is 10.7 Å². The lowest BCUT2D eigenvalue weighted by Gasteiger charge is -2.25. The Balaban J connectivity index is 1.55. The van der Waals surface area contributed by atoms with E-state index in [-0.39, 0.29) is 31.9 Å². The number of nitrogens with zero attached hydrogens (tertiary/aromatic N) is 1. The number of methoxy groups -OCH3 is 1. The zero-order valence-electron chi connectivity index (χ0n) is 21.8. The molecule has 0 fully saturated rings. The van der Waals surface area contributed by atoms with Gasteiger partial charge in [-0.05, 0) is 79.2 Å². The number of hydrogen-bond donors (Lipinski definition) is 2. The van der Waals surface area contributed by atoms with Crippen molar-refractivity contribution >= 4 is 66.2 Å². The van der Waals surface area contributed by atoms with Crippen LogP contribution in [0.5, 0.6) is 5.75 Å². The number of anilines is 3. The first-order valence-electron chi connectivity index (χ1n) is 12.0. The Hall–Kier alpha value is -3.77. The maximum absolute atomic E-state index is 13.5. The number of aryl methyl sites for hydroxylation is 1. The molecule has 0 aliphatic carbocycles. The third-order valence-electron chi connectivity index (χ3n) is 5.84. The van der Waals surface area contributed by atoms with E-state index in [4.69, 9.17) is 27.9 Å². The third-order valence-corrected chi connectivity index (χ3v) is 9.54. The minimum atomic E-state index is -4.19. The van der Waals surface area contributed by atoms with Crippen molar-refractivity contribution in [3.8, 4) is 5.75 Å². The Labute approximate surface area is 248 Å². The minimum Gasteiger partial charge on any atom is -0.495 e. The molecule has 1 amide bonds. The fraction of sp³-hybridized carbons (Fsp3) is 0.107. The molecule has 0 spiro atoms. The first-order valence-corrected chi connectivity index (χ1v) is 15.7. The van der Waals surface area contributed by atoms with Gasteiger partial charge < -0.3 is 10.1 Å². The van der Waals surface area contributed by atoms with Gasteiger partial charge in [-0.15, -0.1) is 0 Å². The number of sulfonamides is 2. The lowest BCUT2D eigenvalue weighted by molar-refractivity contribution is -0.114. The standard InChI is InChI=1S/C28H25Cl2N3O6S2/c1-19-8-15-27(39-2)25(16-19)32-40(35,36)22-12-10-21(11-13-22)31-28(34)18-33(26-14-9-20(29)17-24(26)30)41(37,38)23-6-4-3-5-7-23/h3-17,32H,18H2,1-2H3,(H,31,34). The Morgan fingerprint density at radius 3 is 2.17 bits per heavy atom. The lowest BCUT2D eigenvalue weighted by atomic mass is 10.2. The second kappa shape index (κ2) is 12.4. The number of halogens is 2. The predicted molar refractivity (Wildman–Crippen MR) is 161 cm³/mol. The molecule has 0 unspecified atom stereocenters. The molecule has 0 radical (unpaired) electrons. The highest BCUT2D eigenvalue weighted by Crippen LogP contribution is 2.33. The highest BCUT2D eigenvalue weighted by molar-refractivity contribution is 7.93. The van der Waals surface area contributed by atoms with E-state index in [9.17, 15) is 21.6 Å². The Kier molecular flexibility index (Phi) is 9.13. The number of carbonyl (C=O) groups is 1. The van der Waals surface area contributed by atoms with Gasteiger partial charge in [-0.2, -0.15) is 0 Å². The highest BCUT2D eigenvalue weighted by Gasteiger charge is 2.29. The second-order valence-corrected chi connectivity index (χ2v) is 13.2. The highest BCUT2D eigenvalue weighted by atomic mass is 35.5. The van der Waals surface area contributed by atoms with Gasteiger partial charge >= 0.3 is 0 Å². The summed E-state index contributed by atoms with van der Waals surface area (Å²) < 4.78 is 61.6. The number of hydrogen-bond acceptors (Lipinski definition) is 6. The Morgan fingerprint density at radius 2 is 1.54 bits per heavy atom. The van der Waals surface area contributed by atoms with Crippen LogP contribution in [0.1, 0.15) is 5.56 Å². The van der Waals surface area contributed by atoms with Gasteiger partial charge in [0.1, 0.15) is 12.3 Å². The molecule has 0 heterocycles. The molecule has 0 atom stereocenters. The molecule has 41 heavy (non-hydrogen) atoms. The number of rotatable bonds is 10. The molecule has 2 N–H and O–H groups in total. The summed E-state index contributed by atoms with van der Waals surface area (Å²) in [5, 5.41) is 2.94. The first kappa shape index (κ1) is 30.2. The van der Waals surface area contributed by atoms with E-state index in [1.165, 1.54) is 61.7 Å². The normalized spacial score (nSPS) is 11.5. The summed E-state index contributed by atoms with van der Waals surface area (Å²) >= 11 is 12.3. The van der Waals surface area contributed by atoms with Gasteiger partial charge in [-0.3, -0.25) is 13.8 Å². The van der Waals surface area contributed by atoms with Crippen LogP contribution in [0.15, 0.2) is 101 Å². The van der Waals surface area contributed by atoms with E-state index in [1.54, 1.807) is 36.4 Å². The largest absolute Gasteiger partial charge is 0.495 e. The molecule has 214 valence electrons. The lowest BCUT2D eigenvalue weighted by Crippen LogP contribution is -2.38. The predicted octanol–water partition coefficient (Wildman–Crippen LogP) is 5.95. The average Bonchev–Trinajstić information content (AvgIpc) is 2.93. The van der Waals surface area contributed by atoms with Crippen LogP contribution in [-0.4, -0.2) is 36.4 Å². The maximum Gasteiger partial charge on any atom is 0.264 e. The molecule has 0 aliphatic heterocycles. The van der Waals surface area contributed by atoms with Gasteiger partial charge in [0.15, 0.2) is 0 Å². The van der Waals surface area contributed by atoms with Crippen LogP contribution in [0, 0.1) is 6.92 Å². The van der Waals surface area contributed by atoms with Crippen LogP contribution in [0.2, 0.25) is 10.0 Å². The summed E-state index contributed by atoms with van der Waals surface area (Å²) in [6, 6.07) is 22.4. The van der Waals surface area contributed by atoms with Crippen LogP contribution >= 0.6 is 23.2 Å². The van der Waals surface area contributed by atoms with E-state index < -0.39 is 32.5 Å². The van der Waals surface area contributed by atoms with Gasteiger partial charge in [0.2, 0.25) is 5.91 Å². The first-order chi connectivity index (χ1) is 19.4. The monoisotopic (exact) mass is 633 g/mol. The summed E-state index contributed by atoms with van der Waals surface area (Å²) in [6.45, 7) is 1.20. The fourth-order valence-corrected chi connectivity index (χ4v) is 6.94. The molecule has 0 aliphatic rings. The van der Waals surface area contributed by atoms with E-state index >= 15 is 0 Å². The van der Waals surface area contributed by atoms with E-state index in [0.29, 0.717) is 10.8 Å². The molecule has 4 aromatic carbocycles. The van der Waals surface area contributed by atoms with Crippen LogP contribution < -0.4 is 19.1 Å². The Morgan fingerprint density at radius 1 is 0.854 bits per heavy atom. The van der Waals surface area contributed by atoms with Crippen molar-refractivity contribution in [3.05, 3.63) is 107 Å². The van der Waals surface area contributed by atoms with Gasteiger partial charge in [-0.1, -0.05) is 47.5 Å². The topological polar surface area (TPSA) is 122 Å². The van der Waals surface area contributed by atoms with Gasteiger partial charge in [-0.25, -0.2) is 16.8 Å². The maximum atomic E-state index is 13.5. The van der Waals surface area contributed by atoms with Crippen molar-refractivity contribution in [2.45, 2.75) is 16.7 Å². The minimum absolute atomic E-state index is 0.0360. The van der Waals surface area contributed by atoms with E-state index in [0.717, 1.165) is 9.87 Å². The van der Waals surface area contributed by atoms with Crippen LogP contribution in [0.3, 0.4) is 0 Å². The SMILES string of the molecule is COc1ccc(C)cc1NS(=O)(=O)c1ccc(NC(=O)CN(c2ccc(Cl)cc2Cl)S(=O)(=O)c2ccccc2)cc1. The summed E-state index contributed by atoms with van der Waals surface area (Å²) in [5.41, 5.74) is 1.44. The Bertz CT molecular complexity index is 1780. The van der Waals surface area contributed by atoms with Crippen LogP contribution in [0.25, 0.3) is 0 Å². The zero-order valence-corrected chi connectivity index (χ0v) is 25.0. The molecule has 0 saturated carbocycles. The molecule has 9 nitrogen and oxygen atoms in total.